The summed E-state index contributed by atoms with van der Waals surface area (Å²) in [4.78, 5) is 15.8. The number of anilines is 1. The third kappa shape index (κ3) is 2.70. The number of thiophene rings is 1. The van der Waals surface area contributed by atoms with Gasteiger partial charge in [0.2, 0.25) is 0 Å². The third-order valence-electron chi connectivity index (χ3n) is 1.98. The van der Waals surface area contributed by atoms with Crippen LogP contribution in [0.5, 0.6) is 0 Å². The molecular formula is C11H6BrN3OS. The fourth-order valence-electron chi connectivity index (χ4n) is 1.21. The summed E-state index contributed by atoms with van der Waals surface area (Å²) in [7, 11) is 0. The lowest BCUT2D eigenvalue weighted by Gasteiger charge is -2.02. The van der Waals surface area contributed by atoms with Gasteiger partial charge in [-0.2, -0.15) is 5.26 Å². The second kappa shape index (κ2) is 5.08. The van der Waals surface area contributed by atoms with Crippen LogP contribution in [0.4, 0.5) is 5.00 Å². The van der Waals surface area contributed by atoms with Gasteiger partial charge in [0.1, 0.15) is 11.1 Å². The molecule has 2 heterocycles. The first-order chi connectivity index (χ1) is 8.20. The minimum absolute atomic E-state index is 0.280. The highest BCUT2D eigenvalue weighted by molar-refractivity contribution is 9.10. The molecule has 84 valence electrons. The number of amides is 1. The number of hydrogen-bond acceptors (Lipinski definition) is 4. The molecule has 2 rings (SSSR count). The summed E-state index contributed by atoms with van der Waals surface area (Å²) in [5, 5.41) is 13.8. The zero-order chi connectivity index (χ0) is 12.3. The second-order valence-electron chi connectivity index (χ2n) is 3.12. The standard InChI is InChI=1S/C11H6BrN3OS/c12-9-3-8(5-14-6-9)10(16)15-11-7(4-13)1-2-17-11/h1-3,5-6H,(H,15,16). The summed E-state index contributed by atoms with van der Waals surface area (Å²) < 4.78 is 0.733. The molecule has 0 bridgehead atoms. The Bertz CT molecular complexity index is 603. The highest BCUT2D eigenvalue weighted by Gasteiger charge is 2.10. The van der Waals surface area contributed by atoms with Crippen molar-refractivity contribution in [3.8, 4) is 6.07 Å². The van der Waals surface area contributed by atoms with E-state index in [-0.39, 0.29) is 5.91 Å². The van der Waals surface area contributed by atoms with Crippen molar-refractivity contribution in [3.63, 3.8) is 0 Å². The Morgan fingerprint density at radius 2 is 2.35 bits per heavy atom. The molecule has 0 spiro atoms. The Morgan fingerprint density at radius 3 is 3.06 bits per heavy atom. The smallest absolute Gasteiger partial charge is 0.257 e. The van der Waals surface area contributed by atoms with E-state index in [2.05, 4.69) is 26.2 Å². The van der Waals surface area contributed by atoms with Crippen molar-refractivity contribution in [2.45, 2.75) is 0 Å². The van der Waals surface area contributed by atoms with Gasteiger partial charge in [-0.15, -0.1) is 11.3 Å². The third-order valence-corrected chi connectivity index (χ3v) is 3.24. The van der Waals surface area contributed by atoms with Crippen molar-refractivity contribution in [1.29, 1.82) is 5.26 Å². The summed E-state index contributed by atoms with van der Waals surface area (Å²) in [5.74, 6) is -0.280. The van der Waals surface area contributed by atoms with Crippen molar-refractivity contribution in [2.75, 3.05) is 5.32 Å². The van der Waals surface area contributed by atoms with Crippen LogP contribution in [-0.4, -0.2) is 10.9 Å². The van der Waals surface area contributed by atoms with E-state index >= 15 is 0 Å². The molecule has 0 saturated heterocycles. The Labute approximate surface area is 110 Å². The summed E-state index contributed by atoms with van der Waals surface area (Å²) in [5.41, 5.74) is 0.906. The van der Waals surface area contributed by atoms with E-state index in [0.29, 0.717) is 16.1 Å². The number of carbonyl (C=O) groups is 1. The minimum Gasteiger partial charge on any atom is -0.312 e. The fraction of sp³-hybridized carbons (Fsp3) is 0. The molecule has 0 unspecified atom stereocenters. The Balaban J connectivity index is 2.21. The van der Waals surface area contributed by atoms with Gasteiger partial charge in [0.05, 0.1) is 11.1 Å². The molecule has 0 fully saturated rings. The predicted molar refractivity (Wildman–Crippen MR) is 68.9 cm³/mol. The molecule has 2 aromatic rings. The maximum atomic E-state index is 11.9. The van der Waals surface area contributed by atoms with Gasteiger partial charge in [-0.05, 0) is 33.4 Å². The lowest BCUT2D eigenvalue weighted by molar-refractivity contribution is 0.102. The zero-order valence-electron chi connectivity index (χ0n) is 8.48. The van der Waals surface area contributed by atoms with Crippen LogP contribution in [0.15, 0.2) is 34.4 Å². The molecule has 2 aromatic heterocycles. The first-order valence-electron chi connectivity index (χ1n) is 4.60. The number of halogens is 1. The monoisotopic (exact) mass is 307 g/mol. The number of pyridine rings is 1. The van der Waals surface area contributed by atoms with Crippen molar-refractivity contribution in [2.24, 2.45) is 0 Å². The molecule has 0 aliphatic rings. The molecule has 1 N–H and O–H groups in total. The molecule has 0 atom stereocenters. The van der Waals surface area contributed by atoms with Crippen LogP contribution in [0.3, 0.4) is 0 Å². The van der Waals surface area contributed by atoms with Crippen LogP contribution in [0.25, 0.3) is 0 Å². The molecular weight excluding hydrogens is 302 g/mol. The van der Waals surface area contributed by atoms with E-state index in [1.54, 1.807) is 23.7 Å². The molecule has 0 aliphatic carbocycles. The SMILES string of the molecule is N#Cc1ccsc1NC(=O)c1cncc(Br)c1. The van der Waals surface area contributed by atoms with Crippen LogP contribution in [0.1, 0.15) is 15.9 Å². The number of aromatic nitrogens is 1. The maximum absolute atomic E-state index is 11.9. The molecule has 0 aliphatic heterocycles. The lowest BCUT2D eigenvalue weighted by atomic mass is 10.2. The van der Waals surface area contributed by atoms with E-state index < -0.39 is 0 Å². The van der Waals surface area contributed by atoms with Crippen molar-refractivity contribution >= 4 is 38.2 Å². The van der Waals surface area contributed by atoms with Gasteiger partial charge in [0.15, 0.2) is 0 Å². The summed E-state index contributed by atoms with van der Waals surface area (Å²) >= 11 is 4.56. The maximum Gasteiger partial charge on any atom is 0.257 e. The topological polar surface area (TPSA) is 65.8 Å². The Kier molecular flexibility index (Phi) is 3.52. The average molecular weight is 308 g/mol. The highest BCUT2D eigenvalue weighted by Crippen LogP contribution is 2.23. The summed E-state index contributed by atoms with van der Waals surface area (Å²) in [6, 6.07) is 5.35. The predicted octanol–water partition coefficient (Wildman–Crippen LogP) is 3.03. The first kappa shape index (κ1) is 11.8. The van der Waals surface area contributed by atoms with Gasteiger partial charge in [-0.1, -0.05) is 0 Å². The Morgan fingerprint density at radius 1 is 1.53 bits per heavy atom. The number of nitriles is 1. The molecule has 17 heavy (non-hydrogen) atoms. The van der Waals surface area contributed by atoms with E-state index in [1.807, 2.05) is 6.07 Å². The molecule has 0 saturated carbocycles. The molecule has 4 nitrogen and oxygen atoms in total. The van der Waals surface area contributed by atoms with Crippen molar-refractivity contribution in [3.05, 3.63) is 45.5 Å². The number of carbonyl (C=O) groups excluding carboxylic acids is 1. The van der Waals surface area contributed by atoms with Crippen LogP contribution in [-0.2, 0) is 0 Å². The minimum atomic E-state index is -0.280. The van der Waals surface area contributed by atoms with Crippen LogP contribution >= 0.6 is 27.3 Å². The highest BCUT2D eigenvalue weighted by atomic mass is 79.9. The van der Waals surface area contributed by atoms with E-state index in [0.717, 1.165) is 4.47 Å². The lowest BCUT2D eigenvalue weighted by Crippen LogP contribution is -2.11. The first-order valence-corrected chi connectivity index (χ1v) is 6.27. The van der Waals surface area contributed by atoms with Gasteiger partial charge >= 0.3 is 0 Å². The zero-order valence-corrected chi connectivity index (χ0v) is 10.9. The van der Waals surface area contributed by atoms with Gasteiger partial charge in [0, 0.05) is 16.9 Å². The number of nitrogens with zero attached hydrogens (tertiary/aromatic N) is 2. The van der Waals surface area contributed by atoms with Gasteiger partial charge < -0.3 is 5.32 Å². The molecule has 6 heteroatoms. The number of hydrogen-bond donors (Lipinski definition) is 1. The Hall–Kier alpha value is -1.71. The van der Waals surface area contributed by atoms with Crippen LogP contribution < -0.4 is 5.32 Å². The van der Waals surface area contributed by atoms with Gasteiger partial charge in [-0.25, -0.2) is 0 Å². The van der Waals surface area contributed by atoms with Crippen molar-refractivity contribution < 1.29 is 4.79 Å². The summed E-state index contributed by atoms with van der Waals surface area (Å²) in [6.45, 7) is 0. The van der Waals surface area contributed by atoms with Gasteiger partial charge in [0.25, 0.3) is 5.91 Å². The van der Waals surface area contributed by atoms with Gasteiger partial charge in [-0.3, -0.25) is 9.78 Å². The van der Waals surface area contributed by atoms with Crippen LogP contribution in [0.2, 0.25) is 0 Å². The summed E-state index contributed by atoms with van der Waals surface area (Å²) in [6.07, 6.45) is 3.07. The van der Waals surface area contributed by atoms with E-state index in [4.69, 9.17) is 5.26 Å². The number of nitrogens with one attached hydrogen (secondary N) is 1. The fourth-order valence-corrected chi connectivity index (χ4v) is 2.30. The average Bonchev–Trinajstić information content (AvgIpc) is 2.76. The quantitative estimate of drug-likeness (QED) is 0.927. The van der Waals surface area contributed by atoms with Crippen molar-refractivity contribution in [1.82, 2.24) is 4.98 Å². The molecule has 0 radical (unpaired) electrons. The largest absolute Gasteiger partial charge is 0.312 e. The van der Waals surface area contributed by atoms with E-state index in [9.17, 15) is 4.79 Å². The van der Waals surface area contributed by atoms with E-state index in [1.165, 1.54) is 17.5 Å². The molecule has 0 aromatic carbocycles. The normalized spacial score (nSPS) is 9.65. The number of rotatable bonds is 2. The second-order valence-corrected chi connectivity index (χ2v) is 4.95. The van der Waals surface area contributed by atoms with Crippen LogP contribution in [0, 0.1) is 11.3 Å². The molecule has 1 amide bonds.